The van der Waals surface area contributed by atoms with Crippen LogP contribution in [-0.2, 0) is 13.0 Å². The van der Waals surface area contributed by atoms with E-state index in [0.717, 1.165) is 22.2 Å². The first-order valence-electron chi connectivity index (χ1n) is 8.78. The van der Waals surface area contributed by atoms with Gasteiger partial charge in [0, 0.05) is 29.3 Å². The number of benzene rings is 2. The van der Waals surface area contributed by atoms with Crippen molar-refractivity contribution in [2.45, 2.75) is 20.0 Å². The normalized spacial score (nSPS) is 10.9. The van der Waals surface area contributed by atoms with E-state index in [9.17, 15) is 4.79 Å². The zero-order valence-corrected chi connectivity index (χ0v) is 15.0. The third kappa shape index (κ3) is 3.87. The van der Waals surface area contributed by atoms with Crippen LogP contribution in [0.3, 0.4) is 0 Å². The van der Waals surface area contributed by atoms with Crippen LogP contribution < -0.4 is 4.74 Å². The van der Waals surface area contributed by atoms with E-state index in [1.165, 1.54) is 0 Å². The summed E-state index contributed by atoms with van der Waals surface area (Å²) in [6.07, 6.45) is 1.99. The van der Waals surface area contributed by atoms with Crippen LogP contribution in [0.15, 0.2) is 66.9 Å². The molecule has 0 saturated heterocycles. The molecular formula is C22H19N3O2. The fourth-order valence-electron chi connectivity index (χ4n) is 2.95. The molecule has 2 aromatic carbocycles. The van der Waals surface area contributed by atoms with Gasteiger partial charge in [0.1, 0.15) is 12.4 Å². The van der Waals surface area contributed by atoms with Gasteiger partial charge in [-0.15, -0.1) is 0 Å². The second kappa shape index (κ2) is 7.41. The van der Waals surface area contributed by atoms with Crippen molar-refractivity contribution in [1.29, 1.82) is 0 Å². The average Bonchev–Trinajstić information content (AvgIpc) is 3.08. The monoisotopic (exact) mass is 357 g/mol. The Kier molecular flexibility index (Phi) is 4.66. The molecule has 0 saturated carbocycles. The van der Waals surface area contributed by atoms with Gasteiger partial charge in [-0.2, -0.15) is 5.10 Å². The highest BCUT2D eigenvalue weighted by molar-refractivity contribution is 5.98. The summed E-state index contributed by atoms with van der Waals surface area (Å²) in [6.45, 7) is 2.41. The number of pyridine rings is 1. The molecule has 27 heavy (non-hydrogen) atoms. The molecule has 0 fully saturated rings. The van der Waals surface area contributed by atoms with Crippen molar-refractivity contribution in [1.82, 2.24) is 15.2 Å². The number of ether oxygens (including phenoxy) is 1. The number of fused-ring (bicyclic) bond motifs is 1. The number of aromatic amines is 1. The summed E-state index contributed by atoms with van der Waals surface area (Å²) >= 11 is 0. The van der Waals surface area contributed by atoms with Gasteiger partial charge in [-0.3, -0.25) is 9.89 Å². The van der Waals surface area contributed by atoms with Crippen LogP contribution >= 0.6 is 0 Å². The lowest BCUT2D eigenvalue weighted by Gasteiger charge is -2.08. The van der Waals surface area contributed by atoms with Crippen molar-refractivity contribution in [3.05, 3.63) is 89.2 Å². The molecule has 0 aliphatic carbocycles. The number of ketones is 1. The van der Waals surface area contributed by atoms with E-state index in [4.69, 9.17) is 4.74 Å². The predicted molar refractivity (Wildman–Crippen MR) is 104 cm³/mol. The average molecular weight is 357 g/mol. The number of Topliss-reactive ketones (excluding diaryl/α,β-unsaturated/α-hetero) is 1. The molecule has 1 N–H and O–H groups in total. The van der Waals surface area contributed by atoms with E-state index < -0.39 is 0 Å². The minimum atomic E-state index is 0.0301. The maximum Gasteiger partial charge on any atom is 0.181 e. The molecule has 2 heterocycles. The Morgan fingerprint density at radius 2 is 1.89 bits per heavy atom. The molecule has 5 nitrogen and oxygen atoms in total. The lowest BCUT2D eigenvalue weighted by Crippen LogP contribution is -2.04. The Labute approximate surface area is 157 Å². The maximum absolute atomic E-state index is 12.7. The lowest BCUT2D eigenvalue weighted by molar-refractivity contribution is 0.0992. The van der Waals surface area contributed by atoms with Crippen molar-refractivity contribution in [3.8, 4) is 5.75 Å². The van der Waals surface area contributed by atoms with Crippen molar-refractivity contribution < 1.29 is 9.53 Å². The Morgan fingerprint density at radius 3 is 2.74 bits per heavy atom. The number of aromatic nitrogens is 3. The maximum atomic E-state index is 12.7. The van der Waals surface area contributed by atoms with Crippen LogP contribution in [-0.4, -0.2) is 21.0 Å². The van der Waals surface area contributed by atoms with E-state index in [-0.39, 0.29) is 12.2 Å². The molecule has 0 atom stereocenters. The first-order chi connectivity index (χ1) is 13.2. The number of hydrogen-bond acceptors (Lipinski definition) is 4. The number of H-pyrrole nitrogens is 1. The summed E-state index contributed by atoms with van der Waals surface area (Å²) < 4.78 is 5.82. The molecule has 134 valence electrons. The predicted octanol–water partition coefficient (Wildman–Crippen LogP) is 4.27. The van der Waals surface area contributed by atoms with Crippen molar-refractivity contribution in [3.63, 3.8) is 0 Å². The quantitative estimate of drug-likeness (QED) is 0.523. The molecule has 0 aliphatic rings. The summed E-state index contributed by atoms with van der Waals surface area (Å²) in [5.74, 6) is 0.714. The molecule has 0 unspecified atom stereocenters. The Balaban J connectivity index is 1.47. The molecule has 0 radical (unpaired) electrons. The highest BCUT2D eigenvalue weighted by atomic mass is 16.5. The Morgan fingerprint density at radius 1 is 1.04 bits per heavy atom. The van der Waals surface area contributed by atoms with E-state index in [0.29, 0.717) is 23.6 Å². The first-order valence-corrected chi connectivity index (χ1v) is 8.78. The standard InChI is InChI=1S/C22H19N3O2/c1-15-20-10-17(13-23-22(20)25-24-15)11-21(26)18-8-5-9-19(12-18)27-14-16-6-3-2-4-7-16/h2-10,12-13H,11,14H2,1H3,(H,23,24,25). The molecule has 4 rings (SSSR count). The smallest absolute Gasteiger partial charge is 0.181 e. The summed E-state index contributed by atoms with van der Waals surface area (Å²) in [4.78, 5) is 17.0. The second-order valence-electron chi connectivity index (χ2n) is 6.47. The van der Waals surface area contributed by atoms with Gasteiger partial charge in [-0.05, 0) is 36.2 Å². The zero-order chi connectivity index (χ0) is 18.6. The van der Waals surface area contributed by atoms with Crippen LogP contribution in [0.1, 0.15) is 27.2 Å². The van der Waals surface area contributed by atoms with Crippen LogP contribution in [0.2, 0.25) is 0 Å². The number of carbonyl (C=O) groups is 1. The molecule has 0 spiro atoms. The highest BCUT2D eigenvalue weighted by Crippen LogP contribution is 2.19. The first kappa shape index (κ1) is 17.0. The number of aryl methyl sites for hydroxylation is 1. The van der Waals surface area contributed by atoms with Gasteiger partial charge in [0.2, 0.25) is 0 Å². The van der Waals surface area contributed by atoms with E-state index in [1.54, 1.807) is 12.3 Å². The van der Waals surface area contributed by atoms with Crippen molar-refractivity contribution in [2.24, 2.45) is 0 Å². The van der Waals surface area contributed by atoms with Gasteiger partial charge in [0.25, 0.3) is 0 Å². The van der Waals surface area contributed by atoms with Crippen molar-refractivity contribution in [2.75, 3.05) is 0 Å². The number of carbonyl (C=O) groups excluding carboxylic acids is 1. The van der Waals surface area contributed by atoms with Gasteiger partial charge in [-0.25, -0.2) is 4.98 Å². The van der Waals surface area contributed by atoms with E-state index in [1.807, 2.05) is 61.5 Å². The fourth-order valence-corrected chi connectivity index (χ4v) is 2.95. The third-order valence-corrected chi connectivity index (χ3v) is 4.43. The molecular weight excluding hydrogens is 338 g/mol. The molecule has 0 amide bonds. The summed E-state index contributed by atoms with van der Waals surface area (Å²) in [5, 5.41) is 7.97. The van der Waals surface area contributed by atoms with Crippen LogP contribution in [0, 0.1) is 6.92 Å². The highest BCUT2D eigenvalue weighted by Gasteiger charge is 2.11. The van der Waals surface area contributed by atoms with Gasteiger partial charge in [0.15, 0.2) is 11.4 Å². The molecule has 4 aromatic rings. The Bertz CT molecular complexity index is 1090. The van der Waals surface area contributed by atoms with Gasteiger partial charge in [-0.1, -0.05) is 42.5 Å². The largest absolute Gasteiger partial charge is 0.489 e. The van der Waals surface area contributed by atoms with Crippen LogP contribution in [0.4, 0.5) is 0 Å². The number of hydrogen-bond donors (Lipinski definition) is 1. The molecule has 0 bridgehead atoms. The van der Waals surface area contributed by atoms with Crippen LogP contribution in [0.25, 0.3) is 11.0 Å². The molecule has 0 aliphatic heterocycles. The topological polar surface area (TPSA) is 67.9 Å². The second-order valence-corrected chi connectivity index (χ2v) is 6.47. The lowest BCUT2D eigenvalue weighted by atomic mass is 10.0. The van der Waals surface area contributed by atoms with Crippen molar-refractivity contribution >= 4 is 16.8 Å². The summed E-state index contributed by atoms with van der Waals surface area (Å²) in [5.41, 5.74) is 4.20. The number of nitrogens with zero attached hydrogens (tertiary/aromatic N) is 2. The summed E-state index contributed by atoms with van der Waals surface area (Å²) in [7, 11) is 0. The van der Waals surface area contributed by atoms with E-state index >= 15 is 0 Å². The molecule has 2 aromatic heterocycles. The third-order valence-electron chi connectivity index (χ3n) is 4.43. The Hall–Kier alpha value is -3.47. The molecule has 5 heteroatoms. The summed E-state index contributed by atoms with van der Waals surface area (Å²) in [6, 6.07) is 19.2. The van der Waals surface area contributed by atoms with Crippen LogP contribution in [0.5, 0.6) is 5.75 Å². The number of nitrogens with one attached hydrogen (secondary N) is 1. The minimum Gasteiger partial charge on any atom is -0.489 e. The number of rotatable bonds is 6. The van der Waals surface area contributed by atoms with Gasteiger partial charge < -0.3 is 4.74 Å². The zero-order valence-electron chi connectivity index (χ0n) is 15.0. The van der Waals surface area contributed by atoms with Gasteiger partial charge >= 0.3 is 0 Å². The SMILES string of the molecule is Cc1[nH]nc2ncc(CC(=O)c3cccc(OCc4ccccc4)c3)cc12. The van der Waals surface area contributed by atoms with E-state index in [2.05, 4.69) is 15.2 Å². The van der Waals surface area contributed by atoms with Gasteiger partial charge in [0.05, 0.1) is 0 Å². The minimum absolute atomic E-state index is 0.0301. The fraction of sp³-hybridized carbons (Fsp3) is 0.136.